The van der Waals surface area contributed by atoms with E-state index < -0.39 is 0 Å². The molecule has 2 aliphatic rings. The van der Waals surface area contributed by atoms with Crippen LogP contribution in [0.1, 0.15) is 34.9 Å². The van der Waals surface area contributed by atoms with Crippen LogP contribution in [0.3, 0.4) is 0 Å². The number of rotatable bonds is 4. The molecule has 3 heterocycles. The lowest BCUT2D eigenvalue weighted by Crippen LogP contribution is -2.40. The Bertz CT molecular complexity index is 671. The second-order valence-corrected chi connectivity index (χ2v) is 6.91. The second kappa shape index (κ2) is 7.05. The van der Waals surface area contributed by atoms with Gasteiger partial charge in [0.25, 0.3) is 0 Å². The number of ether oxygens (including phenoxy) is 1. The van der Waals surface area contributed by atoms with Gasteiger partial charge < -0.3 is 9.84 Å². The lowest BCUT2D eigenvalue weighted by Gasteiger charge is -2.38. The molecule has 24 heavy (non-hydrogen) atoms. The quantitative estimate of drug-likeness (QED) is 0.903. The van der Waals surface area contributed by atoms with Gasteiger partial charge >= 0.3 is 0 Å². The van der Waals surface area contributed by atoms with Crippen molar-refractivity contribution in [1.29, 1.82) is 0 Å². The number of aliphatic hydroxyl groups excluding tert-OH is 1. The summed E-state index contributed by atoms with van der Waals surface area (Å²) in [5, 5.41) is 17.5. The van der Waals surface area contributed by atoms with Crippen LogP contribution < -0.4 is 0 Å². The zero-order valence-corrected chi connectivity index (χ0v) is 13.9. The van der Waals surface area contributed by atoms with Crippen LogP contribution in [-0.4, -0.2) is 46.5 Å². The van der Waals surface area contributed by atoms with Crippen molar-refractivity contribution in [2.45, 2.75) is 31.9 Å². The topological polar surface area (TPSA) is 61.4 Å². The summed E-state index contributed by atoms with van der Waals surface area (Å²) in [4.78, 5) is 2.47. The van der Waals surface area contributed by atoms with Gasteiger partial charge in [0, 0.05) is 43.3 Å². The maximum absolute atomic E-state index is 9.77. The summed E-state index contributed by atoms with van der Waals surface area (Å²) in [6.07, 6.45) is 1.96. The molecular weight excluding hydrogens is 302 g/mol. The minimum absolute atomic E-state index is 0.263. The molecule has 2 N–H and O–H groups in total. The highest BCUT2D eigenvalue weighted by atomic mass is 16.5. The summed E-state index contributed by atoms with van der Waals surface area (Å²) in [5.41, 5.74) is 4.94. The smallest absolute Gasteiger partial charge is 0.0820 e. The number of H-pyrrole nitrogens is 1. The van der Waals surface area contributed by atoms with Crippen LogP contribution in [0.5, 0.6) is 0 Å². The fourth-order valence-corrected chi connectivity index (χ4v) is 4.02. The largest absolute Gasteiger partial charge is 0.396 e. The van der Waals surface area contributed by atoms with E-state index in [0.717, 1.165) is 44.8 Å². The molecule has 1 aromatic heterocycles. The number of hydrogen-bond donors (Lipinski definition) is 2. The van der Waals surface area contributed by atoms with Crippen molar-refractivity contribution in [3.05, 3.63) is 52.8 Å². The van der Waals surface area contributed by atoms with Gasteiger partial charge in [-0.15, -0.1) is 0 Å². The fraction of sp³-hybridized carbons (Fsp3) is 0.526. The Morgan fingerprint density at radius 3 is 3.00 bits per heavy atom. The number of fused-ring (bicyclic) bond motifs is 1. The number of aromatic amines is 1. The minimum Gasteiger partial charge on any atom is -0.396 e. The van der Waals surface area contributed by atoms with Crippen LogP contribution in [0.15, 0.2) is 30.3 Å². The van der Waals surface area contributed by atoms with E-state index in [2.05, 4.69) is 39.4 Å². The second-order valence-electron chi connectivity index (χ2n) is 6.91. The van der Waals surface area contributed by atoms with E-state index in [1.54, 1.807) is 0 Å². The maximum atomic E-state index is 9.77. The molecule has 2 unspecified atom stereocenters. The van der Waals surface area contributed by atoms with Gasteiger partial charge in [0.1, 0.15) is 0 Å². The highest BCUT2D eigenvalue weighted by molar-refractivity contribution is 5.27. The van der Waals surface area contributed by atoms with E-state index in [9.17, 15) is 5.11 Å². The molecular formula is C19H25N3O2. The number of nitrogens with one attached hydrogen (secondary N) is 1. The standard InChI is InChI=1S/C19H25N3O2/c23-12-15-6-8-22(10-16(15)14-4-2-1-3-5-14)11-19-17-13-24-9-7-18(17)20-21-19/h1-5,15-16,23H,6-13H2,(H,20,21). The molecule has 0 bridgehead atoms. The van der Waals surface area contributed by atoms with Gasteiger partial charge in [0.15, 0.2) is 0 Å². The predicted octanol–water partition coefficient (Wildman–Crippen LogP) is 2.08. The van der Waals surface area contributed by atoms with Crippen molar-refractivity contribution in [3.63, 3.8) is 0 Å². The third-order valence-corrected chi connectivity index (χ3v) is 5.46. The number of aromatic nitrogens is 2. The first kappa shape index (κ1) is 15.8. The molecule has 5 heteroatoms. The van der Waals surface area contributed by atoms with Crippen molar-refractivity contribution in [3.8, 4) is 0 Å². The first-order valence-corrected chi connectivity index (χ1v) is 8.86. The van der Waals surface area contributed by atoms with Gasteiger partial charge in [-0.1, -0.05) is 30.3 Å². The molecule has 0 radical (unpaired) electrons. The summed E-state index contributed by atoms with van der Waals surface area (Å²) in [7, 11) is 0. The van der Waals surface area contributed by atoms with Crippen LogP contribution in [0.2, 0.25) is 0 Å². The molecule has 2 aliphatic heterocycles. The Hall–Kier alpha value is -1.69. The summed E-state index contributed by atoms with van der Waals surface area (Å²) in [6.45, 7) is 4.56. The van der Waals surface area contributed by atoms with E-state index in [1.807, 2.05) is 6.07 Å². The number of likely N-dealkylation sites (tertiary alicyclic amines) is 1. The van der Waals surface area contributed by atoms with Crippen molar-refractivity contribution in [1.82, 2.24) is 15.1 Å². The van der Waals surface area contributed by atoms with E-state index in [0.29, 0.717) is 18.4 Å². The molecule has 4 rings (SSSR count). The minimum atomic E-state index is 0.263. The Morgan fingerprint density at radius 2 is 2.17 bits per heavy atom. The van der Waals surface area contributed by atoms with Crippen LogP contribution in [0.25, 0.3) is 0 Å². The third kappa shape index (κ3) is 3.11. The van der Waals surface area contributed by atoms with Gasteiger partial charge in [0.2, 0.25) is 0 Å². The lowest BCUT2D eigenvalue weighted by atomic mass is 9.81. The molecule has 0 aliphatic carbocycles. The molecule has 1 saturated heterocycles. The first-order valence-electron chi connectivity index (χ1n) is 8.86. The fourth-order valence-electron chi connectivity index (χ4n) is 4.02. The molecule has 0 amide bonds. The summed E-state index contributed by atoms with van der Waals surface area (Å²) in [6, 6.07) is 10.6. The summed E-state index contributed by atoms with van der Waals surface area (Å²) >= 11 is 0. The Kier molecular flexibility index (Phi) is 4.65. The summed E-state index contributed by atoms with van der Waals surface area (Å²) in [5.74, 6) is 0.732. The molecule has 0 saturated carbocycles. The Balaban J connectivity index is 1.50. The highest BCUT2D eigenvalue weighted by Gasteiger charge is 2.31. The van der Waals surface area contributed by atoms with Crippen LogP contribution in [0, 0.1) is 5.92 Å². The zero-order chi connectivity index (χ0) is 16.4. The predicted molar refractivity (Wildman–Crippen MR) is 91.6 cm³/mol. The molecule has 5 nitrogen and oxygen atoms in total. The average molecular weight is 327 g/mol. The summed E-state index contributed by atoms with van der Waals surface area (Å²) < 4.78 is 5.60. The molecule has 2 aromatic rings. The van der Waals surface area contributed by atoms with Gasteiger partial charge in [-0.05, 0) is 24.4 Å². The molecule has 2 atom stereocenters. The zero-order valence-electron chi connectivity index (χ0n) is 13.9. The van der Waals surface area contributed by atoms with Crippen molar-refractivity contribution in [2.75, 3.05) is 26.3 Å². The lowest BCUT2D eigenvalue weighted by molar-refractivity contribution is 0.0988. The third-order valence-electron chi connectivity index (χ3n) is 5.46. The SMILES string of the molecule is OCC1CCN(Cc2n[nH]c3c2COCC3)CC1c1ccccc1. The molecule has 1 fully saturated rings. The van der Waals surface area contributed by atoms with E-state index in [-0.39, 0.29) is 6.61 Å². The van der Waals surface area contributed by atoms with E-state index >= 15 is 0 Å². The number of piperidine rings is 1. The van der Waals surface area contributed by atoms with Gasteiger partial charge in [-0.2, -0.15) is 5.10 Å². The monoisotopic (exact) mass is 327 g/mol. The number of benzene rings is 1. The number of hydrogen-bond acceptors (Lipinski definition) is 4. The van der Waals surface area contributed by atoms with Crippen molar-refractivity contribution >= 4 is 0 Å². The van der Waals surface area contributed by atoms with Crippen LogP contribution >= 0.6 is 0 Å². The van der Waals surface area contributed by atoms with Crippen LogP contribution in [-0.2, 0) is 24.3 Å². The Labute approximate surface area is 142 Å². The Morgan fingerprint density at radius 1 is 1.29 bits per heavy atom. The molecule has 128 valence electrons. The van der Waals surface area contributed by atoms with Crippen molar-refractivity contribution < 1.29 is 9.84 Å². The number of nitrogens with zero attached hydrogens (tertiary/aromatic N) is 2. The van der Waals surface area contributed by atoms with E-state index in [1.165, 1.54) is 16.8 Å². The van der Waals surface area contributed by atoms with Gasteiger partial charge in [-0.25, -0.2) is 0 Å². The molecule has 0 spiro atoms. The van der Waals surface area contributed by atoms with E-state index in [4.69, 9.17) is 4.74 Å². The average Bonchev–Trinajstić information content (AvgIpc) is 3.05. The van der Waals surface area contributed by atoms with Crippen molar-refractivity contribution in [2.24, 2.45) is 5.92 Å². The van der Waals surface area contributed by atoms with Crippen LogP contribution in [0.4, 0.5) is 0 Å². The van der Waals surface area contributed by atoms with Gasteiger partial charge in [-0.3, -0.25) is 10.00 Å². The highest BCUT2D eigenvalue weighted by Crippen LogP contribution is 2.33. The normalized spacial score (nSPS) is 24.7. The molecule has 1 aromatic carbocycles. The van der Waals surface area contributed by atoms with Gasteiger partial charge in [0.05, 0.1) is 18.9 Å². The maximum Gasteiger partial charge on any atom is 0.0820 e. The first-order chi connectivity index (χ1) is 11.8. The number of aliphatic hydroxyl groups is 1.